The van der Waals surface area contributed by atoms with Gasteiger partial charge in [0.15, 0.2) is 5.82 Å². The predicted molar refractivity (Wildman–Crippen MR) is 71.4 cm³/mol. The van der Waals surface area contributed by atoms with Gasteiger partial charge in [-0.15, -0.1) is 5.10 Å². The average Bonchev–Trinajstić information content (AvgIpc) is 2.82. The zero-order chi connectivity index (χ0) is 12.4. The van der Waals surface area contributed by atoms with Gasteiger partial charge in [0.25, 0.3) is 0 Å². The van der Waals surface area contributed by atoms with Crippen LogP contribution in [0.1, 0.15) is 19.3 Å². The molecule has 1 aliphatic rings. The first-order chi connectivity index (χ1) is 8.83. The van der Waals surface area contributed by atoms with Crippen LogP contribution in [-0.4, -0.2) is 28.0 Å². The summed E-state index contributed by atoms with van der Waals surface area (Å²) < 4.78 is 0. The SMILES string of the molecule is OC1CCC(CNc2nncc3ccccc23)C1. The first-order valence-corrected chi connectivity index (χ1v) is 6.45. The Kier molecular flexibility index (Phi) is 3.11. The monoisotopic (exact) mass is 243 g/mol. The molecule has 0 radical (unpaired) electrons. The standard InChI is InChI=1S/C14H17N3O/c18-12-6-5-10(7-12)8-15-14-13-4-2-1-3-11(13)9-16-17-14/h1-4,9-10,12,18H,5-8H2,(H,15,17). The minimum absolute atomic E-state index is 0.115. The van der Waals surface area contributed by atoms with Crippen molar-refractivity contribution in [1.29, 1.82) is 0 Å². The number of anilines is 1. The molecule has 1 aromatic heterocycles. The van der Waals surface area contributed by atoms with Crippen molar-refractivity contribution in [3.05, 3.63) is 30.5 Å². The van der Waals surface area contributed by atoms with E-state index in [0.717, 1.165) is 42.4 Å². The van der Waals surface area contributed by atoms with Crippen LogP contribution in [-0.2, 0) is 0 Å². The van der Waals surface area contributed by atoms with Crippen molar-refractivity contribution in [3.8, 4) is 0 Å². The smallest absolute Gasteiger partial charge is 0.156 e. The predicted octanol–water partition coefficient (Wildman–Crippen LogP) is 2.20. The molecule has 1 heterocycles. The molecule has 3 rings (SSSR count). The van der Waals surface area contributed by atoms with E-state index in [0.29, 0.717) is 5.92 Å². The summed E-state index contributed by atoms with van der Waals surface area (Å²) in [5, 5.41) is 23.3. The van der Waals surface area contributed by atoms with Crippen LogP contribution >= 0.6 is 0 Å². The molecule has 1 aromatic carbocycles. The van der Waals surface area contributed by atoms with Crippen molar-refractivity contribution >= 4 is 16.6 Å². The number of hydrogen-bond donors (Lipinski definition) is 2. The summed E-state index contributed by atoms with van der Waals surface area (Å²) >= 11 is 0. The maximum Gasteiger partial charge on any atom is 0.156 e. The van der Waals surface area contributed by atoms with Crippen LogP contribution in [0.3, 0.4) is 0 Å². The highest BCUT2D eigenvalue weighted by Gasteiger charge is 2.22. The van der Waals surface area contributed by atoms with E-state index in [2.05, 4.69) is 21.6 Å². The fourth-order valence-electron chi connectivity index (χ4n) is 2.63. The molecule has 2 N–H and O–H groups in total. The molecule has 0 aliphatic heterocycles. The van der Waals surface area contributed by atoms with Gasteiger partial charge in [-0.25, -0.2) is 0 Å². The van der Waals surface area contributed by atoms with Crippen LogP contribution < -0.4 is 5.32 Å². The zero-order valence-electron chi connectivity index (χ0n) is 10.2. The van der Waals surface area contributed by atoms with E-state index < -0.39 is 0 Å². The number of fused-ring (bicyclic) bond motifs is 1. The molecular formula is C14H17N3O. The molecule has 2 aromatic rings. The minimum atomic E-state index is -0.115. The van der Waals surface area contributed by atoms with Gasteiger partial charge in [0.2, 0.25) is 0 Å². The second-order valence-electron chi connectivity index (χ2n) is 4.99. The summed E-state index contributed by atoms with van der Waals surface area (Å²) in [6.45, 7) is 0.861. The highest BCUT2D eigenvalue weighted by atomic mass is 16.3. The first kappa shape index (κ1) is 11.4. The number of aliphatic hydroxyl groups is 1. The van der Waals surface area contributed by atoms with Gasteiger partial charge in [-0.05, 0) is 25.2 Å². The topological polar surface area (TPSA) is 58.0 Å². The maximum absolute atomic E-state index is 9.51. The normalized spacial score (nSPS) is 23.4. The number of nitrogens with zero attached hydrogens (tertiary/aromatic N) is 2. The number of benzene rings is 1. The molecule has 2 unspecified atom stereocenters. The maximum atomic E-state index is 9.51. The summed E-state index contributed by atoms with van der Waals surface area (Å²) in [6, 6.07) is 8.10. The average molecular weight is 243 g/mol. The molecule has 0 amide bonds. The van der Waals surface area contributed by atoms with E-state index in [1.807, 2.05) is 18.2 Å². The van der Waals surface area contributed by atoms with E-state index in [-0.39, 0.29) is 6.10 Å². The van der Waals surface area contributed by atoms with Crippen molar-refractivity contribution in [1.82, 2.24) is 10.2 Å². The fraction of sp³-hybridized carbons (Fsp3) is 0.429. The molecule has 2 atom stereocenters. The molecule has 4 heteroatoms. The van der Waals surface area contributed by atoms with E-state index in [1.165, 1.54) is 0 Å². The zero-order valence-corrected chi connectivity index (χ0v) is 10.2. The largest absolute Gasteiger partial charge is 0.393 e. The Morgan fingerprint density at radius 2 is 2.17 bits per heavy atom. The van der Waals surface area contributed by atoms with Gasteiger partial charge >= 0.3 is 0 Å². The molecule has 4 nitrogen and oxygen atoms in total. The van der Waals surface area contributed by atoms with Crippen molar-refractivity contribution in [2.24, 2.45) is 5.92 Å². The molecule has 1 fully saturated rings. The Hall–Kier alpha value is -1.68. The number of aromatic nitrogens is 2. The Morgan fingerprint density at radius 1 is 1.28 bits per heavy atom. The van der Waals surface area contributed by atoms with Gasteiger partial charge in [-0.3, -0.25) is 0 Å². The third-order valence-electron chi connectivity index (χ3n) is 3.64. The number of aliphatic hydroxyl groups excluding tert-OH is 1. The van der Waals surface area contributed by atoms with Gasteiger partial charge in [0.1, 0.15) is 0 Å². The third kappa shape index (κ3) is 2.29. The Labute approximate surface area is 106 Å². The lowest BCUT2D eigenvalue weighted by Gasteiger charge is -2.12. The summed E-state index contributed by atoms with van der Waals surface area (Å²) in [7, 11) is 0. The first-order valence-electron chi connectivity index (χ1n) is 6.45. The van der Waals surface area contributed by atoms with Crippen LogP contribution in [0.4, 0.5) is 5.82 Å². The van der Waals surface area contributed by atoms with Crippen molar-refractivity contribution in [2.75, 3.05) is 11.9 Å². The van der Waals surface area contributed by atoms with Crippen LogP contribution in [0, 0.1) is 5.92 Å². The van der Waals surface area contributed by atoms with Crippen LogP contribution in [0.5, 0.6) is 0 Å². The number of nitrogens with one attached hydrogen (secondary N) is 1. The van der Waals surface area contributed by atoms with Crippen LogP contribution in [0.2, 0.25) is 0 Å². The molecule has 1 saturated carbocycles. The lowest BCUT2D eigenvalue weighted by Crippen LogP contribution is -2.13. The molecule has 0 bridgehead atoms. The van der Waals surface area contributed by atoms with Crippen molar-refractivity contribution in [2.45, 2.75) is 25.4 Å². The second kappa shape index (κ2) is 4.90. The van der Waals surface area contributed by atoms with E-state index in [4.69, 9.17) is 0 Å². The quantitative estimate of drug-likeness (QED) is 0.867. The minimum Gasteiger partial charge on any atom is -0.393 e. The van der Waals surface area contributed by atoms with Gasteiger partial charge in [0.05, 0.1) is 12.3 Å². The third-order valence-corrected chi connectivity index (χ3v) is 3.64. The highest BCUT2D eigenvalue weighted by Crippen LogP contribution is 2.26. The highest BCUT2D eigenvalue weighted by molar-refractivity contribution is 5.90. The van der Waals surface area contributed by atoms with Gasteiger partial charge < -0.3 is 10.4 Å². The van der Waals surface area contributed by atoms with Crippen LogP contribution in [0.15, 0.2) is 30.5 Å². The lowest BCUT2D eigenvalue weighted by atomic mass is 10.1. The number of hydrogen-bond acceptors (Lipinski definition) is 4. The van der Waals surface area contributed by atoms with Gasteiger partial charge in [0, 0.05) is 17.3 Å². The second-order valence-corrected chi connectivity index (χ2v) is 4.99. The molecule has 1 aliphatic carbocycles. The molecule has 0 saturated heterocycles. The Balaban J connectivity index is 1.74. The van der Waals surface area contributed by atoms with E-state index in [1.54, 1.807) is 6.20 Å². The fourth-order valence-corrected chi connectivity index (χ4v) is 2.63. The molecule has 94 valence electrons. The van der Waals surface area contributed by atoms with Crippen LogP contribution in [0.25, 0.3) is 10.8 Å². The van der Waals surface area contributed by atoms with E-state index in [9.17, 15) is 5.11 Å². The lowest BCUT2D eigenvalue weighted by molar-refractivity contribution is 0.178. The van der Waals surface area contributed by atoms with Crippen molar-refractivity contribution < 1.29 is 5.11 Å². The Morgan fingerprint density at radius 3 is 3.00 bits per heavy atom. The summed E-state index contributed by atoms with van der Waals surface area (Å²) in [6.07, 6.45) is 4.57. The molecule has 18 heavy (non-hydrogen) atoms. The summed E-state index contributed by atoms with van der Waals surface area (Å²) in [5.41, 5.74) is 0. The molecular weight excluding hydrogens is 226 g/mol. The Bertz CT molecular complexity index is 538. The summed E-state index contributed by atoms with van der Waals surface area (Å²) in [4.78, 5) is 0. The summed E-state index contributed by atoms with van der Waals surface area (Å²) in [5.74, 6) is 1.38. The van der Waals surface area contributed by atoms with Crippen molar-refractivity contribution in [3.63, 3.8) is 0 Å². The van der Waals surface area contributed by atoms with Gasteiger partial charge in [-0.1, -0.05) is 24.3 Å². The van der Waals surface area contributed by atoms with E-state index >= 15 is 0 Å². The van der Waals surface area contributed by atoms with Gasteiger partial charge in [-0.2, -0.15) is 5.10 Å². The number of rotatable bonds is 3. The molecule has 0 spiro atoms.